The summed E-state index contributed by atoms with van der Waals surface area (Å²) in [5, 5.41) is 10.3. The molecule has 0 radical (unpaired) electrons. The first-order chi connectivity index (χ1) is 10.1. The van der Waals surface area contributed by atoms with Gasteiger partial charge in [-0.05, 0) is 32.0 Å². The first-order valence-corrected chi connectivity index (χ1v) is 7.15. The van der Waals surface area contributed by atoms with Crippen molar-refractivity contribution in [2.24, 2.45) is 0 Å². The number of benzene rings is 1. The Morgan fingerprint density at radius 2 is 2.29 bits per heavy atom. The summed E-state index contributed by atoms with van der Waals surface area (Å²) in [5.41, 5.74) is 2.07. The maximum atomic E-state index is 14.2. The molecule has 0 saturated carbocycles. The summed E-state index contributed by atoms with van der Waals surface area (Å²) < 4.78 is 19.8. The molecule has 1 unspecified atom stereocenters. The molecule has 0 amide bonds. The zero-order chi connectivity index (χ0) is 15.0. The van der Waals surface area contributed by atoms with Gasteiger partial charge in [0.05, 0.1) is 24.3 Å². The van der Waals surface area contributed by atoms with Gasteiger partial charge in [0.1, 0.15) is 5.82 Å². The predicted molar refractivity (Wildman–Crippen MR) is 80.1 cm³/mol. The number of hydrogen-bond donors (Lipinski definition) is 1. The summed E-state index contributed by atoms with van der Waals surface area (Å²) in [4.78, 5) is 6.38. The van der Waals surface area contributed by atoms with Crippen molar-refractivity contribution < 1.29 is 14.2 Å². The van der Waals surface area contributed by atoms with Crippen LogP contribution in [-0.2, 0) is 4.74 Å². The Hall–Kier alpha value is -1.72. The smallest absolute Gasteiger partial charge is 0.130 e. The highest BCUT2D eigenvalue weighted by molar-refractivity contribution is 5.94. The van der Waals surface area contributed by atoms with Gasteiger partial charge in [0.25, 0.3) is 0 Å². The predicted octanol–water partition coefficient (Wildman–Crippen LogP) is 2.27. The zero-order valence-corrected chi connectivity index (χ0v) is 12.2. The second-order valence-electron chi connectivity index (χ2n) is 5.56. The van der Waals surface area contributed by atoms with Gasteiger partial charge in [0.15, 0.2) is 0 Å². The van der Waals surface area contributed by atoms with Gasteiger partial charge < -0.3 is 14.7 Å². The minimum atomic E-state index is -0.254. The van der Waals surface area contributed by atoms with Gasteiger partial charge in [-0.2, -0.15) is 0 Å². The van der Waals surface area contributed by atoms with E-state index in [1.54, 1.807) is 19.2 Å². The number of morpholine rings is 1. The van der Waals surface area contributed by atoms with Gasteiger partial charge >= 0.3 is 0 Å². The fraction of sp³-hybridized carbons (Fsp3) is 0.438. The van der Waals surface area contributed by atoms with Crippen molar-refractivity contribution >= 4 is 16.6 Å². The molecule has 0 spiro atoms. The molecule has 2 atom stereocenters. The summed E-state index contributed by atoms with van der Waals surface area (Å²) in [6.45, 7) is 4.88. The molecule has 112 valence electrons. The Morgan fingerprint density at radius 3 is 3.05 bits per heavy atom. The highest BCUT2D eigenvalue weighted by atomic mass is 19.1. The van der Waals surface area contributed by atoms with E-state index in [1.807, 2.05) is 19.1 Å². The third-order valence-electron chi connectivity index (χ3n) is 3.93. The van der Waals surface area contributed by atoms with E-state index in [0.717, 1.165) is 11.1 Å². The van der Waals surface area contributed by atoms with Crippen molar-refractivity contribution in [3.63, 3.8) is 0 Å². The van der Waals surface area contributed by atoms with Crippen molar-refractivity contribution in [1.82, 2.24) is 4.98 Å². The van der Waals surface area contributed by atoms with Crippen LogP contribution in [0.5, 0.6) is 0 Å². The molecule has 0 aliphatic carbocycles. The number of anilines is 1. The van der Waals surface area contributed by atoms with Crippen molar-refractivity contribution in [2.45, 2.75) is 26.1 Å². The average molecular weight is 290 g/mol. The largest absolute Gasteiger partial charge is 0.394 e. The number of aliphatic hydroxyl groups excluding tert-OH is 1. The van der Waals surface area contributed by atoms with Crippen LogP contribution in [0.3, 0.4) is 0 Å². The number of nitrogens with zero attached hydrogens (tertiary/aromatic N) is 2. The number of aryl methyl sites for hydroxylation is 1. The van der Waals surface area contributed by atoms with Crippen LogP contribution in [0, 0.1) is 12.7 Å². The molecule has 2 aromatic rings. The summed E-state index contributed by atoms with van der Waals surface area (Å²) in [6, 6.07) is 5.38. The van der Waals surface area contributed by atoms with Crippen molar-refractivity contribution in [3.8, 4) is 0 Å². The van der Waals surface area contributed by atoms with Crippen LogP contribution in [0.15, 0.2) is 24.4 Å². The third kappa shape index (κ3) is 2.59. The number of rotatable bonds is 2. The van der Waals surface area contributed by atoms with Gasteiger partial charge in [0, 0.05) is 35.9 Å². The molecule has 0 bridgehead atoms. The van der Waals surface area contributed by atoms with Crippen LogP contribution in [0.2, 0.25) is 0 Å². The average Bonchev–Trinajstić information content (AvgIpc) is 2.50. The Morgan fingerprint density at radius 1 is 1.48 bits per heavy atom. The number of pyridine rings is 1. The molecule has 1 aliphatic heterocycles. The summed E-state index contributed by atoms with van der Waals surface area (Å²) in [6.07, 6.45) is 1.42. The van der Waals surface area contributed by atoms with Crippen LogP contribution in [0.25, 0.3) is 10.9 Å². The lowest BCUT2D eigenvalue weighted by molar-refractivity contribution is -0.0420. The van der Waals surface area contributed by atoms with Crippen molar-refractivity contribution in [3.05, 3.63) is 35.8 Å². The van der Waals surface area contributed by atoms with Gasteiger partial charge in [-0.15, -0.1) is 0 Å². The van der Waals surface area contributed by atoms with Crippen LogP contribution in [0.1, 0.15) is 12.5 Å². The fourth-order valence-corrected chi connectivity index (χ4v) is 2.93. The molecule has 1 fully saturated rings. The zero-order valence-electron chi connectivity index (χ0n) is 12.2. The normalized spacial score (nSPS) is 22.8. The van der Waals surface area contributed by atoms with Gasteiger partial charge in [-0.3, -0.25) is 4.98 Å². The van der Waals surface area contributed by atoms with E-state index < -0.39 is 0 Å². The van der Waals surface area contributed by atoms with Gasteiger partial charge in [-0.1, -0.05) is 0 Å². The molecule has 2 heterocycles. The van der Waals surface area contributed by atoms with Crippen LogP contribution in [0.4, 0.5) is 10.1 Å². The Kier molecular flexibility index (Phi) is 3.78. The Bertz CT molecular complexity index is 662. The van der Waals surface area contributed by atoms with Gasteiger partial charge in [-0.25, -0.2) is 4.39 Å². The molecule has 3 rings (SSSR count). The minimum absolute atomic E-state index is 0.00742. The highest BCUT2D eigenvalue weighted by Gasteiger charge is 2.26. The van der Waals surface area contributed by atoms with Gasteiger partial charge in [0.2, 0.25) is 0 Å². The first kappa shape index (κ1) is 14.2. The quantitative estimate of drug-likeness (QED) is 0.921. The molecule has 5 heteroatoms. The lowest BCUT2D eigenvalue weighted by atomic mass is 10.1. The number of ether oxygens (including phenoxy) is 1. The molecule has 1 saturated heterocycles. The van der Waals surface area contributed by atoms with Crippen molar-refractivity contribution in [2.75, 3.05) is 24.6 Å². The van der Waals surface area contributed by atoms with E-state index in [-0.39, 0.29) is 24.6 Å². The number of hydrogen-bond acceptors (Lipinski definition) is 4. The summed E-state index contributed by atoms with van der Waals surface area (Å²) >= 11 is 0. The SMILES string of the molecule is Cc1c(F)cc(N2CC(C)O[C@@H](CO)C2)c2cccnc12. The highest BCUT2D eigenvalue weighted by Crippen LogP contribution is 2.31. The van der Waals surface area contributed by atoms with E-state index >= 15 is 0 Å². The van der Waals surface area contributed by atoms with E-state index in [1.165, 1.54) is 0 Å². The van der Waals surface area contributed by atoms with Crippen LogP contribution < -0.4 is 4.90 Å². The van der Waals surface area contributed by atoms with E-state index in [9.17, 15) is 9.50 Å². The molecular formula is C16H19FN2O2. The second kappa shape index (κ2) is 5.58. The Balaban J connectivity index is 2.09. The van der Waals surface area contributed by atoms with Crippen LogP contribution >= 0.6 is 0 Å². The number of fused-ring (bicyclic) bond motifs is 1. The number of aromatic nitrogens is 1. The maximum absolute atomic E-state index is 14.2. The molecule has 1 aromatic carbocycles. The lowest BCUT2D eigenvalue weighted by Crippen LogP contribution is -2.48. The van der Waals surface area contributed by atoms with E-state index in [4.69, 9.17) is 4.74 Å². The number of aliphatic hydroxyl groups is 1. The van der Waals surface area contributed by atoms with E-state index in [2.05, 4.69) is 9.88 Å². The molecule has 1 aliphatic rings. The number of halogens is 1. The molecule has 1 aromatic heterocycles. The summed E-state index contributed by atoms with van der Waals surface area (Å²) in [7, 11) is 0. The lowest BCUT2D eigenvalue weighted by Gasteiger charge is -2.38. The fourth-order valence-electron chi connectivity index (χ4n) is 2.93. The topological polar surface area (TPSA) is 45.6 Å². The van der Waals surface area contributed by atoms with E-state index in [0.29, 0.717) is 24.2 Å². The molecule has 21 heavy (non-hydrogen) atoms. The minimum Gasteiger partial charge on any atom is -0.394 e. The maximum Gasteiger partial charge on any atom is 0.130 e. The third-order valence-corrected chi connectivity index (χ3v) is 3.93. The first-order valence-electron chi connectivity index (χ1n) is 7.15. The standard InChI is InChI=1S/C16H19FN2O2/c1-10-7-19(8-12(9-20)21-10)15-6-14(17)11(2)16-13(15)4-3-5-18-16/h3-6,10,12,20H,7-9H2,1-2H3/t10?,12-/m1/s1. The van der Waals surface area contributed by atoms with Crippen molar-refractivity contribution in [1.29, 1.82) is 0 Å². The molecule has 4 nitrogen and oxygen atoms in total. The van der Waals surface area contributed by atoms with Crippen LogP contribution in [-0.4, -0.2) is 42.0 Å². The monoisotopic (exact) mass is 290 g/mol. The second-order valence-corrected chi connectivity index (χ2v) is 5.56. The molecule has 1 N–H and O–H groups in total. The molecular weight excluding hydrogens is 271 g/mol. The Labute approximate surface area is 123 Å². The summed E-state index contributed by atoms with van der Waals surface area (Å²) in [5.74, 6) is -0.254.